The van der Waals surface area contributed by atoms with Gasteiger partial charge in [-0.3, -0.25) is 9.59 Å². The maximum absolute atomic E-state index is 14.2. The lowest BCUT2D eigenvalue weighted by Crippen LogP contribution is -2.43. The van der Waals surface area contributed by atoms with Crippen LogP contribution >= 0.6 is 0 Å². The molecule has 21 nitrogen and oxygen atoms in total. The van der Waals surface area contributed by atoms with Gasteiger partial charge < -0.3 is 69.3 Å². The van der Waals surface area contributed by atoms with Crippen LogP contribution in [0.15, 0.2) is 182 Å². The number of nitrogens with two attached hydrogens (primary N) is 2. The number of esters is 2. The van der Waals surface area contributed by atoms with Crippen LogP contribution in [0.4, 0.5) is 19.2 Å². The number of hydrogen-bond acceptors (Lipinski definition) is 16. The fourth-order valence-electron chi connectivity index (χ4n) is 9.16. The van der Waals surface area contributed by atoms with E-state index in [0.717, 1.165) is 27.8 Å². The number of aliphatic carboxylic acids is 1. The molecule has 0 aliphatic carbocycles. The summed E-state index contributed by atoms with van der Waals surface area (Å²) in [6.45, 7) is -0.517. The number of carboxylic acids is 1. The van der Waals surface area contributed by atoms with Crippen LogP contribution < -0.4 is 11.5 Å². The van der Waals surface area contributed by atoms with Crippen molar-refractivity contribution in [1.82, 2.24) is 19.6 Å². The largest absolute Gasteiger partial charge is 0.480 e. The Morgan fingerprint density at radius 2 is 0.596 bits per heavy atom. The maximum atomic E-state index is 14.2. The molecule has 0 heterocycles. The van der Waals surface area contributed by atoms with E-state index in [9.17, 15) is 38.7 Å². The Morgan fingerprint density at radius 3 is 0.899 bits per heavy atom. The fourth-order valence-corrected chi connectivity index (χ4v) is 9.16. The summed E-state index contributed by atoms with van der Waals surface area (Å²) in [6, 6.07) is 52.9. The summed E-state index contributed by atoms with van der Waals surface area (Å²) in [7, 11) is 0. The van der Waals surface area contributed by atoms with E-state index in [1.165, 1.54) is 19.6 Å². The molecule has 0 saturated carbocycles. The van der Waals surface area contributed by atoms with Gasteiger partial charge >= 0.3 is 42.3 Å². The molecular weight excluding hydrogens is 1140 g/mol. The molecule has 89 heavy (non-hydrogen) atoms. The van der Waals surface area contributed by atoms with Gasteiger partial charge in [-0.25, -0.2) is 24.0 Å². The maximum Gasteiger partial charge on any atom is 0.410 e. The highest BCUT2D eigenvalue weighted by Crippen LogP contribution is 2.16. The van der Waals surface area contributed by atoms with E-state index in [2.05, 4.69) is 0 Å². The average molecular weight is 1220 g/mol. The molecule has 4 amide bonds. The highest BCUT2D eigenvalue weighted by atomic mass is 16.6. The summed E-state index contributed by atoms with van der Waals surface area (Å²) < 4.78 is 40.0. The van der Waals surface area contributed by atoms with Crippen molar-refractivity contribution in [3.63, 3.8) is 0 Å². The van der Waals surface area contributed by atoms with Crippen LogP contribution in [0.3, 0.4) is 0 Å². The molecule has 0 bridgehead atoms. The zero-order valence-corrected chi connectivity index (χ0v) is 50.2. The highest BCUT2D eigenvalue weighted by Gasteiger charge is 2.27. The quantitative estimate of drug-likeness (QED) is 0.0240. The minimum absolute atomic E-state index is 0.00170. The topological polar surface area (TPSA) is 269 Å². The second-order valence-electron chi connectivity index (χ2n) is 21.1. The molecule has 0 aliphatic heterocycles. The third-order valence-electron chi connectivity index (χ3n) is 14.1. The van der Waals surface area contributed by atoms with Crippen molar-refractivity contribution in [2.24, 2.45) is 11.5 Å². The Bertz CT molecular complexity index is 3030. The lowest BCUT2D eigenvalue weighted by atomic mass is 10.1. The summed E-state index contributed by atoms with van der Waals surface area (Å²) in [5, 5.41) is 9.87. The molecule has 0 aromatic heterocycles. The smallest absolute Gasteiger partial charge is 0.410 e. The SMILES string of the molecule is NC(CCCN(CCCN(CCC(CN(CCCN(CCCC(N)C(=O)OCc1ccccc1)C(=O)OCc1ccccc1)C(=O)OCc1ccccc1)OCC(=O)O)C(=O)OCc1ccccc1)C(=O)OCc1ccccc1)C(=O)OCc1ccccc1. The summed E-state index contributed by atoms with van der Waals surface area (Å²) in [5.41, 5.74) is 17.1. The Balaban J connectivity index is 1.15. The second kappa shape index (κ2) is 39.5. The van der Waals surface area contributed by atoms with Gasteiger partial charge in [-0.05, 0) is 78.3 Å². The molecule has 6 aromatic rings. The summed E-state index contributed by atoms with van der Waals surface area (Å²) in [5.74, 6) is -2.44. The lowest BCUT2D eigenvalue weighted by molar-refractivity contribution is -0.147. The molecular formula is C68H82N6O15. The van der Waals surface area contributed by atoms with E-state index in [1.807, 2.05) is 158 Å². The Hall–Kier alpha value is -9.31. The molecule has 0 aliphatic rings. The number of carbonyl (C=O) groups is 7. The molecule has 474 valence electrons. The number of ether oxygens (including phenoxy) is 7. The molecule has 3 atom stereocenters. The summed E-state index contributed by atoms with van der Waals surface area (Å²) >= 11 is 0. The van der Waals surface area contributed by atoms with Crippen LogP contribution in [0.1, 0.15) is 78.3 Å². The van der Waals surface area contributed by atoms with Crippen molar-refractivity contribution in [2.75, 3.05) is 59.0 Å². The van der Waals surface area contributed by atoms with Gasteiger partial charge in [-0.1, -0.05) is 182 Å². The van der Waals surface area contributed by atoms with E-state index in [-0.39, 0.29) is 124 Å². The third kappa shape index (κ3) is 27.1. The van der Waals surface area contributed by atoms with Gasteiger partial charge in [0.15, 0.2) is 0 Å². The first-order chi connectivity index (χ1) is 43.3. The molecule has 0 spiro atoms. The predicted octanol–water partition coefficient (Wildman–Crippen LogP) is 9.88. The lowest BCUT2D eigenvalue weighted by Gasteiger charge is -2.30. The number of rotatable bonds is 38. The molecule has 0 fully saturated rings. The first kappa shape index (κ1) is 68.8. The molecule has 6 aromatic carbocycles. The summed E-state index contributed by atoms with van der Waals surface area (Å²) in [6.07, 6.45) is -2.29. The fraction of sp³-hybridized carbons (Fsp3) is 0.368. The minimum atomic E-state index is -1.27. The number of carbonyl (C=O) groups excluding carboxylic acids is 6. The van der Waals surface area contributed by atoms with E-state index < -0.39 is 67.1 Å². The molecule has 6 rings (SSSR count). The minimum Gasteiger partial charge on any atom is -0.480 e. The molecule has 5 N–H and O–H groups in total. The van der Waals surface area contributed by atoms with E-state index in [1.54, 1.807) is 24.3 Å². The number of amides is 4. The van der Waals surface area contributed by atoms with E-state index >= 15 is 0 Å². The van der Waals surface area contributed by atoms with Crippen molar-refractivity contribution >= 4 is 42.3 Å². The van der Waals surface area contributed by atoms with Gasteiger partial charge in [-0.15, -0.1) is 0 Å². The Morgan fingerprint density at radius 1 is 0.337 bits per heavy atom. The van der Waals surface area contributed by atoms with Gasteiger partial charge in [0, 0.05) is 45.8 Å². The van der Waals surface area contributed by atoms with Crippen LogP contribution in [0.25, 0.3) is 0 Å². The first-order valence-electron chi connectivity index (χ1n) is 29.9. The van der Waals surface area contributed by atoms with Gasteiger partial charge in [0.25, 0.3) is 0 Å². The number of hydrogen-bond donors (Lipinski definition) is 3. The highest BCUT2D eigenvalue weighted by molar-refractivity contribution is 5.76. The van der Waals surface area contributed by atoms with Crippen LogP contribution in [0, 0.1) is 0 Å². The first-order valence-corrected chi connectivity index (χ1v) is 29.9. The van der Waals surface area contributed by atoms with Gasteiger partial charge in [0.2, 0.25) is 0 Å². The van der Waals surface area contributed by atoms with Crippen LogP contribution in [0.5, 0.6) is 0 Å². The van der Waals surface area contributed by atoms with Crippen molar-refractivity contribution in [1.29, 1.82) is 0 Å². The molecule has 0 saturated heterocycles. The van der Waals surface area contributed by atoms with Gasteiger partial charge in [-0.2, -0.15) is 0 Å². The number of nitrogens with zero attached hydrogens (tertiary/aromatic N) is 4. The van der Waals surface area contributed by atoms with Gasteiger partial charge in [0.1, 0.15) is 58.3 Å². The van der Waals surface area contributed by atoms with E-state index in [0.29, 0.717) is 18.4 Å². The second-order valence-corrected chi connectivity index (χ2v) is 21.1. The average Bonchev–Trinajstić information content (AvgIpc) is 3.76. The van der Waals surface area contributed by atoms with Gasteiger partial charge in [0.05, 0.1) is 12.6 Å². The normalized spacial score (nSPS) is 11.8. The monoisotopic (exact) mass is 1220 g/mol. The standard InChI is InChI=1S/C68H82N6O15/c69-60(63(77)84-46-53-23-7-1-8-24-53)35-19-38-71(65(79)86-48-55-27-11-3-12-28-55)40-21-42-73(67(81)88-50-57-31-15-5-16-32-57)44-37-59(83-52-62(75)76)45-74(68(82)89-51-58-33-17-6-18-34-58)43-22-41-72(66(80)87-49-56-29-13-4-14-30-56)39-20-36-61(70)64(78)85-47-54-25-9-2-10-26-54/h1-18,23-34,59-61H,19-22,35-52,69-70H2,(H,75,76). The zero-order chi connectivity index (χ0) is 63.3. The van der Waals surface area contributed by atoms with Crippen molar-refractivity contribution in [2.45, 2.75) is 103 Å². The van der Waals surface area contributed by atoms with E-state index in [4.69, 9.17) is 44.6 Å². The molecule has 0 radical (unpaired) electrons. The van der Waals surface area contributed by atoms with Crippen LogP contribution in [-0.2, 0) is 87.2 Å². The van der Waals surface area contributed by atoms with Crippen LogP contribution in [0.2, 0.25) is 0 Å². The Kier molecular flexibility index (Phi) is 30.5. The molecule has 21 heteroatoms. The van der Waals surface area contributed by atoms with Crippen molar-refractivity contribution in [3.05, 3.63) is 215 Å². The number of benzene rings is 6. The van der Waals surface area contributed by atoms with Crippen LogP contribution in [-0.4, -0.2) is 144 Å². The van der Waals surface area contributed by atoms with Crippen molar-refractivity contribution < 1.29 is 71.8 Å². The zero-order valence-electron chi connectivity index (χ0n) is 50.2. The Labute approximate surface area is 520 Å². The summed E-state index contributed by atoms with van der Waals surface area (Å²) in [4.78, 5) is 99.5. The molecule has 3 unspecified atom stereocenters. The predicted molar refractivity (Wildman–Crippen MR) is 331 cm³/mol. The van der Waals surface area contributed by atoms with Crippen molar-refractivity contribution in [3.8, 4) is 0 Å². The third-order valence-corrected chi connectivity index (χ3v) is 14.1. The number of carboxylic acid groups (broad SMARTS) is 1.